The molecule has 1 aliphatic carbocycles. The molecule has 0 radical (unpaired) electrons. The van der Waals surface area contributed by atoms with Crippen LogP contribution < -0.4 is 11.1 Å². The SMILES string of the molecule is NC[C@H]1CCC[C@H]1C(=O)NCC(O)C1CCOC1. The highest BCUT2D eigenvalue weighted by molar-refractivity contribution is 5.79. The van der Waals surface area contributed by atoms with E-state index in [4.69, 9.17) is 10.5 Å². The zero-order valence-corrected chi connectivity index (χ0v) is 10.8. The second-order valence-electron chi connectivity index (χ2n) is 5.47. The van der Waals surface area contributed by atoms with Crippen LogP contribution in [0.1, 0.15) is 25.7 Å². The van der Waals surface area contributed by atoms with Gasteiger partial charge in [0.15, 0.2) is 0 Å². The van der Waals surface area contributed by atoms with Gasteiger partial charge in [0, 0.05) is 25.0 Å². The molecule has 1 aliphatic heterocycles. The van der Waals surface area contributed by atoms with Crippen molar-refractivity contribution in [1.29, 1.82) is 0 Å². The molecule has 0 bridgehead atoms. The minimum Gasteiger partial charge on any atom is -0.391 e. The Labute approximate surface area is 108 Å². The maximum absolute atomic E-state index is 12.0. The van der Waals surface area contributed by atoms with Crippen molar-refractivity contribution in [3.05, 3.63) is 0 Å². The van der Waals surface area contributed by atoms with Crippen molar-refractivity contribution >= 4 is 5.91 Å². The van der Waals surface area contributed by atoms with Gasteiger partial charge in [-0.1, -0.05) is 6.42 Å². The Morgan fingerprint density at radius 1 is 1.44 bits per heavy atom. The van der Waals surface area contributed by atoms with E-state index in [1.807, 2.05) is 0 Å². The van der Waals surface area contributed by atoms with Crippen LogP contribution in [-0.4, -0.2) is 43.4 Å². The van der Waals surface area contributed by atoms with Crippen LogP contribution in [0.25, 0.3) is 0 Å². The van der Waals surface area contributed by atoms with E-state index in [0.29, 0.717) is 32.2 Å². The number of carbonyl (C=O) groups is 1. The molecule has 2 aliphatic rings. The van der Waals surface area contributed by atoms with Gasteiger partial charge in [0.25, 0.3) is 0 Å². The lowest BCUT2D eigenvalue weighted by atomic mass is 9.95. The summed E-state index contributed by atoms with van der Waals surface area (Å²) in [5.74, 6) is 0.582. The summed E-state index contributed by atoms with van der Waals surface area (Å²) in [7, 11) is 0. The predicted octanol–water partition coefficient (Wildman–Crippen LogP) is -0.125. The van der Waals surface area contributed by atoms with E-state index < -0.39 is 6.10 Å². The summed E-state index contributed by atoms with van der Waals surface area (Å²) < 4.78 is 5.23. The number of carbonyl (C=O) groups excluding carboxylic acids is 1. The third-order valence-electron chi connectivity index (χ3n) is 4.29. The summed E-state index contributed by atoms with van der Waals surface area (Å²) in [5.41, 5.74) is 5.67. The number of aliphatic hydroxyl groups is 1. The zero-order chi connectivity index (χ0) is 13.0. The normalized spacial score (nSPS) is 33.6. The number of rotatable bonds is 5. The molecular formula is C13H24N2O3. The molecule has 2 fully saturated rings. The van der Waals surface area contributed by atoms with E-state index in [0.717, 1.165) is 25.7 Å². The van der Waals surface area contributed by atoms with E-state index in [1.165, 1.54) is 0 Å². The predicted molar refractivity (Wildman–Crippen MR) is 67.8 cm³/mol. The molecule has 1 amide bonds. The molecule has 1 saturated carbocycles. The maximum atomic E-state index is 12.0. The van der Waals surface area contributed by atoms with Gasteiger partial charge in [-0.15, -0.1) is 0 Å². The Bertz CT molecular complexity index is 279. The molecule has 0 spiro atoms. The van der Waals surface area contributed by atoms with Gasteiger partial charge in [-0.3, -0.25) is 4.79 Å². The number of ether oxygens (including phenoxy) is 1. The Kier molecular flexibility index (Phi) is 4.97. The van der Waals surface area contributed by atoms with Gasteiger partial charge in [0.05, 0.1) is 12.7 Å². The number of nitrogens with two attached hydrogens (primary N) is 1. The van der Waals surface area contributed by atoms with E-state index in [2.05, 4.69) is 5.32 Å². The summed E-state index contributed by atoms with van der Waals surface area (Å²) in [6, 6.07) is 0. The van der Waals surface area contributed by atoms with E-state index in [1.54, 1.807) is 0 Å². The standard InChI is InChI=1S/C13H24N2O3/c14-6-9-2-1-3-11(9)13(17)15-7-12(16)10-4-5-18-8-10/h9-12,16H,1-8,14H2,(H,15,17)/t9-,10?,11-,12?/m1/s1. The number of aliphatic hydroxyl groups excluding tert-OH is 1. The van der Waals surface area contributed by atoms with Crippen molar-refractivity contribution in [2.45, 2.75) is 31.8 Å². The fourth-order valence-electron chi connectivity index (χ4n) is 3.02. The average Bonchev–Trinajstić information content (AvgIpc) is 3.04. The van der Waals surface area contributed by atoms with Gasteiger partial charge in [-0.05, 0) is 31.7 Å². The first kappa shape index (κ1) is 13.8. The minimum atomic E-state index is -0.492. The second-order valence-corrected chi connectivity index (χ2v) is 5.47. The molecule has 1 saturated heterocycles. The summed E-state index contributed by atoms with van der Waals surface area (Å²) in [6.45, 7) is 2.23. The molecule has 1 heterocycles. The van der Waals surface area contributed by atoms with Gasteiger partial charge >= 0.3 is 0 Å². The van der Waals surface area contributed by atoms with Gasteiger partial charge in [-0.2, -0.15) is 0 Å². The molecule has 104 valence electrons. The van der Waals surface area contributed by atoms with Crippen molar-refractivity contribution in [2.24, 2.45) is 23.5 Å². The molecule has 4 atom stereocenters. The lowest BCUT2D eigenvalue weighted by Gasteiger charge is -2.21. The monoisotopic (exact) mass is 256 g/mol. The van der Waals surface area contributed by atoms with Crippen LogP contribution in [0.4, 0.5) is 0 Å². The van der Waals surface area contributed by atoms with Crippen LogP contribution in [0.5, 0.6) is 0 Å². The number of nitrogens with one attached hydrogen (secondary N) is 1. The van der Waals surface area contributed by atoms with Crippen LogP contribution in [0.2, 0.25) is 0 Å². The number of hydrogen-bond donors (Lipinski definition) is 3. The lowest BCUT2D eigenvalue weighted by molar-refractivity contribution is -0.126. The molecule has 5 heteroatoms. The highest BCUT2D eigenvalue weighted by Gasteiger charge is 2.32. The van der Waals surface area contributed by atoms with Crippen LogP contribution >= 0.6 is 0 Å². The van der Waals surface area contributed by atoms with Gasteiger partial charge in [0.1, 0.15) is 0 Å². The van der Waals surface area contributed by atoms with Crippen molar-refractivity contribution in [3.8, 4) is 0 Å². The number of hydrogen-bond acceptors (Lipinski definition) is 4. The van der Waals surface area contributed by atoms with E-state index >= 15 is 0 Å². The first-order valence-corrected chi connectivity index (χ1v) is 6.96. The first-order chi connectivity index (χ1) is 8.72. The van der Waals surface area contributed by atoms with E-state index in [-0.39, 0.29) is 17.7 Å². The van der Waals surface area contributed by atoms with Gasteiger partial charge < -0.3 is 20.9 Å². The highest BCUT2D eigenvalue weighted by Crippen LogP contribution is 2.30. The van der Waals surface area contributed by atoms with Crippen LogP contribution in [0.15, 0.2) is 0 Å². The topological polar surface area (TPSA) is 84.6 Å². The molecule has 0 aromatic rings. The fraction of sp³-hybridized carbons (Fsp3) is 0.923. The Balaban J connectivity index is 1.73. The largest absolute Gasteiger partial charge is 0.391 e. The van der Waals surface area contributed by atoms with Crippen LogP contribution in [0.3, 0.4) is 0 Å². The first-order valence-electron chi connectivity index (χ1n) is 6.96. The summed E-state index contributed by atoms with van der Waals surface area (Å²) >= 11 is 0. The molecule has 2 unspecified atom stereocenters. The molecule has 5 nitrogen and oxygen atoms in total. The Hall–Kier alpha value is -0.650. The highest BCUT2D eigenvalue weighted by atomic mass is 16.5. The Morgan fingerprint density at radius 3 is 2.94 bits per heavy atom. The maximum Gasteiger partial charge on any atom is 0.223 e. The number of amides is 1. The molecule has 2 rings (SSSR count). The van der Waals surface area contributed by atoms with Crippen molar-refractivity contribution in [3.63, 3.8) is 0 Å². The lowest BCUT2D eigenvalue weighted by Crippen LogP contribution is -2.41. The quantitative estimate of drug-likeness (QED) is 0.640. The molecule has 4 N–H and O–H groups in total. The minimum absolute atomic E-state index is 0.0435. The fourth-order valence-corrected chi connectivity index (χ4v) is 3.02. The smallest absolute Gasteiger partial charge is 0.223 e. The molecule has 0 aromatic carbocycles. The van der Waals surface area contributed by atoms with E-state index in [9.17, 15) is 9.90 Å². The van der Waals surface area contributed by atoms with Crippen molar-refractivity contribution in [1.82, 2.24) is 5.32 Å². The molecule has 0 aromatic heterocycles. The van der Waals surface area contributed by atoms with Gasteiger partial charge in [-0.25, -0.2) is 0 Å². The zero-order valence-electron chi connectivity index (χ0n) is 10.8. The van der Waals surface area contributed by atoms with Gasteiger partial charge in [0.2, 0.25) is 5.91 Å². The summed E-state index contributed by atoms with van der Waals surface area (Å²) in [6.07, 6.45) is 3.45. The van der Waals surface area contributed by atoms with Crippen LogP contribution in [-0.2, 0) is 9.53 Å². The van der Waals surface area contributed by atoms with Crippen molar-refractivity contribution in [2.75, 3.05) is 26.3 Å². The summed E-state index contributed by atoms with van der Waals surface area (Å²) in [4.78, 5) is 12.0. The molecular weight excluding hydrogens is 232 g/mol. The molecule has 18 heavy (non-hydrogen) atoms. The third-order valence-corrected chi connectivity index (χ3v) is 4.29. The van der Waals surface area contributed by atoms with Crippen molar-refractivity contribution < 1.29 is 14.6 Å². The third kappa shape index (κ3) is 3.22. The average molecular weight is 256 g/mol. The van der Waals surface area contributed by atoms with Crippen LogP contribution in [0, 0.1) is 17.8 Å². The Morgan fingerprint density at radius 2 is 2.28 bits per heavy atom. The second kappa shape index (κ2) is 6.50. The summed E-state index contributed by atoms with van der Waals surface area (Å²) in [5, 5.41) is 12.8.